The zero-order valence-corrected chi connectivity index (χ0v) is 21.6. The molecule has 1 unspecified atom stereocenters. The molecular formula is C26H23F5N4O3S. The molecule has 3 heterocycles. The Morgan fingerprint density at radius 3 is 2.44 bits per heavy atom. The second kappa shape index (κ2) is 11.2. The minimum Gasteiger partial charge on any atom is -0.361 e. The van der Waals surface area contributed by atoms with Gasteiger partial charge in [-0.3, -0.25) is 14.6 Å². The van der Waals surface area contributed by atoms with Crippen LogP contribution in [0.15, 0.2) is 58.9 Å². The number of nitrogens with one attached hydrogen (secondary N) is 2. The van der Waals surface area contributed by atoms with E-state index in [-0.39, 0.29) is 34.7 Å². The number of alkyl halides is 5. The monoisotopic (exact) mass is 566 g/mol. The molecule has 1 aromatic carbocycles. The molecular weight excluding hydrogens is 543 g/mol. The molecule has 2 amide bonds. The van der Waals surface area contributed by atoms with Gasteiger partial charge in [-0.1, -0.05) is 29.4 Å². The molecule has 206 valence electrons. The summed E-state index contributed by atoms with van der Waals surface area (Å²) in [5, 5.41) is 8.34. The highest BCUT2D eigenvalue weighted by Gasteiger charge is 2.59. The van der Waals surface area contributed by atoms with Gasteiger partial charge in [0.15, 0.2) is 5.54 Å². The normalized spacial score (nSPS) is 17.9. The van der Waals surface area contributed by atoms with E-state index in [1.807, 2.05) is 0 Å². The quantitative estimate of drug-likeness (QED) is 0.364. The number of thioether (sulfide) groups is 1. The zero-order chi connectivity index (χ0) is 28.4. The van der Waals surface area contributed by atoms with Crippen molar-refractivity contribution in [2.45, 2.75) is 31.5 Å². The highest BCUT2D eigenvalue weighted by Crippen LogP contribution is 2.48. The van der Waals surface area contributed by atoms with Gasteiger partial charge in [-0.25, -0.2) is 8.78 Å². The van der Waals surface area contributed by atoms with Crippen LogP contribution in [0.2, 0.25) is 0 Å². The van der Waals surface area contributed by atoms with Crippen molar-refractivity contribution in [2.75, 3.05) is 18.6 Å². The van der Waals surface area contributed by atoms with Gasteiger partial charge >= 0.3 is 6.18 Å². The lowest BCUT2D eigenvalue weighted by atomic mass is 9.77. The van der Waals surface area contributed by atoms with Crippen LogP contribution in [0.5, 0.6) is 0 Å². The Morgan fingerprint density at radius 1 is 1.18 bits per heavy atom. The Morgan fingerprint density at radius 2 is 1.90 bits per heavy atom. The predicted molar refractivity (Wildman–Crippen MR) is 135 cm³/mol. The number of amides is 2. The maximum atomic E-state index is 14.8. The molecule has 0 radical (unpaired) electrons. The second-order valence-electron chi connectivity index (χ2n) is 8.85. The van der Waals surface area contributed by atoms with Crippen molar-refractivity contribution in [3.8, 4) is 11.1 Å². The molecule has 7 nitrogen and oxygen atoms in total. The Bertz CT molecular complexity index is 1390. The lowest BCUT2D eigenvalue weighted by Gasteiger charge is -2.41. The van der Waals surface area contributed by atoms with E-state index in [1.54, 1.807) is 13.2 Å². The topological polar surface area (TPSA) is 97.1 Å². The highest BCUT2D eigenvalue weighted by atomic mass is 32.2. The summed E-state index contributed by atoms with van der Waals surface area (Å²) in [6.45, 7) is 1.30. The summed E-state index contributed by atoms with van der Waals surface area (Å²) in [5.41, 5.74) is -2.68. The first-order chi connectivity index (χ1) is 18.5. The third-order valence-corrected chi connectivity index (χ3v) is 6.97. The third-order valence-electron chi connectivity index (χ3n) is 6.42. The first-order valence-corrected chi connectivity index (χ1v) is 13.0. The molecule has 2 aromatic heterocycles. The van der Waals surface area contributed by atoms with Crippen molar-refractivity contribution >= 4 is 29.1 Å². The van der Waals surface area contributed by atoms with Gasteiger partial charge in [-0.2, -0.15) is 24.9 Å². The fraction of sp³-hybridized carbons (Fsp3) is 0.308. The molecule has 0 fully saturated rings. The Kier molecular flexibility index (Phi) is 8.09. The average Bonchev–Trinajstić information content (AvgIpc) is 3.33. The van der Waals surface area contributed by atoms with E-state index in [1.165, 1.54) is 42.2 Å². The van der Waals surface area contributed by atoms with Gasteiger partial charge in [0.25, 0.3) is 6.43 Å². The number of hydrogen-bond donors (Lipinski definition) is 2. The molecule has 39 heavy (non-hydrogen) atoms. The van der Waals surface area contributed by atoms with Gasteiger partial charge in [0.1, 0.15) is 5.76 Å². The number of aryl methyl sites for hydroxylation is 1. The number of benzene rings is 1. The molecule has 1 aliphatic heterocycles. The second-order valence-corrected chi connectivity index (χ2v) is 9.72. The standard InChI is InChI=1S/C26H23F5N4O3S/c1-14-19(12-34-38-14)15-3-6-17(7-4-15)25(26(29,30)31)9-18(21-8-5-16(10-32-21)23(27)28)20(24(37)35-25)11-33-22(36)13-39-2/h3-8,10,12,23H,9,11,13H2,1-2H3,(H,33,36)(H,35,37). The minimum absolute atomic E-state index is 0.0753. The number of hydrogen-bond acceptors (Lipinski definition) is 6. The predicted octanol–water partition coefficient (Wildman–Crippen LogP) is 5.19. The van der Waals surface area contributed by atoms with Gasteiger partial charge < -0.3 is 15.2 Å². The van der Waals surface area contributed by atoms with E-state index in [2.05, 4.69) is 20.8 Å². The summed E-state index contributed by atoms with van der Waals surface area (Å²) in [5.74, 6) is -0.918. The number of nitrogens with zero attached hydrogens (tertiary/aromatic N) is 2. The Hall–Kier alpha value is -3.74. The first-order valence-electron chi connectivity index (χ1n) is 11.6. The number of carbonyl (C=O) groups is 2. The van der Waals surface area contributed by atoms with Gasteiger partial charge in [0, 0.05) is 35.9 Å². The molecule has 0 saturated heterocycles. The molecule has 0 aliphatic carbocycles. The van der Waals surface area contributed by atoms with Crippen LogP contribution in [-0.4, -0.2) is 46.7 Å². The number of halogens is 5. The van der Waals surface area contributed by atoms with Crippen molar-refractivity contribution < 1.29 is 36.1 Å². The Labute approximate surface area is 224 Å². The van der Waals surface area contributed by atoms with Crippen LogP contribution in [0.3, 0.4) is 0 Å². The van der Waals surface area contributed by atoms with E-state index in [9.17, 15) is 31.5 Å². The van der Waals surface area contributed by atoms with E-state index in [4.69, 9.17) is 4.52 Å². The van der Waals surface area contributed by atoms with Gasteiger partial charge in [0.05, 0.1) is 17.6 Å². The molecule has 2 N–H and O–H groups in total. The molecule has 1 atom stereocenters. The fourth-order valence-corrected chi connectivity index (χ4v) is 4.72. The largest absolute Gasteiger partial charge is 0.416 e. The summed E-state index contributed by atoms with van der Waals surface area (Å²) in [6.07, 6.45) is -4.57. The van der Waals surface area contributed by atoms with Crippen molar-refractivity contribution in [1.82, 2.24) is 20.8 Å². The van der Waals surface area contributed by atoms with Crippen LogP contribution in [0.4, 0.5) is 22.0 Å². The van der Waals surface area contributed by atoms with E-state index < -0.39 is 41.9 Å². The van der Waals surface area contributed by atoms with Crippen LogP contribution in [-0.2, 0) is 15.1 Å². The molecule has 0 saturated carbocycles. The summed E-state index contributed by atoms with van der Waals surface area (Å²) < 4.78 is 75.7. The molecule has 13 heteroatoms. The van der Waals surface area contributed by atoms with Crippen LogP contribution in [0, 0.1) is 6.92 Å². The fourth-order valence-electron chi connectivity index (χ4n) is 4.36. The lowest BCUT2D eigenvalue weighted by molar-refractivity contribution is -0.201. The van der Waals surface area contributed by atoms with E-state index >= 15 is 0 Å². The van der Waals surface area contributed by atoms with Gasteiger partial charge in [0.2, 0.25) is 11.8 Å². The number of rotatable bonds is 8. The zero-order valence-electron chi connectivity index (χ0n) is 20.7. The maximum Gasteiger partial charge on any atom is 0.416 e. The van der Waals surface area contributed by atoms with Crippen molar-refractivity contribution in [3.63, 3.8) is 0 Å². The smallest absolute Gasteiger partial charge is 0.361 e. The third kappa shape index (κ3) is 5.68. The summed E-state index contributed by atoms with van der Waals surface area (Å²) in [6, 6.07) is 7.63. The summed E-state index contributed by atoms with van der Waals surface area (Å²) >= 11 is 1.23. The van der Waals surface area contributed by atoms with Crippen molar-refractivity contribution in [2.24, 2.45) is 0 Å². The van der Waals surface area contributed by atoms with Crippen molar-refractivity contribution in [1.29, 1.82) is 0 Å². The Balaban J connectivity index is 1.81. The van der Waals surface area contributed by atoms with Crippen molar-refractivity contribution in [3.05, 3.63) is 76.9 Å². The molecule has 0 spiro atoms. The number of aromatic nitrogens is 2. The lowest BCUT2D eigenvalue weighted by Crippen LogP contribution is -2.59. The van der Waals surface area contributed by atoms with E-state index in [0.717, 1.165) is 18.3 Å². The highest BCUT2D eigenvalue weighted by molar-refractivity contribution is 7.99. The van der Waals surface area contributed by atoms with Crippen LogP contribution >= 0.6 is 11.8 Å². The van der Waals surface area contributed by atoms with Gasteiger partial charge in [-0.05, 0) is 42.0 Å². The number of carbonyl (C=O) groups excluding carboxylic acids is 2. The number of pyridine rings is 1. The van der Waals surface area contributed by atoms with Crippen LogP contribution < -0.4 is 10.6 Å². The minimum atomic E-state index is -4.96. The molecule has 0 bridgehead atoms. The van der Waals surface area contributed by atoms with Crippen LogP contribution in [0.1, 0.15) is 35.4 Å². The van der Waals surface area contributed by atoms with Crippen LogP contribution in [0.25, 0.3) is 16.7 Å². The maximum absolute atomic E-state index is 14.8. The van der Waals surface area contributed by atoms with E-state index in [0.29, 0.717) is 16.9 Å². The summed E-state index contributed by atoms with van der Waals surface area (Å²) in [4.78, 5) is 29.3. The van der Waals surface area contributed by atoms with Gasteiger partial charge in [-0.15, -0.1) is 0 Å². The SMILES string of the molecule is CSCC(=O)NCC1=C(c2ccc(C(F)F)cn2)CC(c2ccc(-c3cnoc3C)cc2)(C(F)(F)F)NC1=O. The average molecular weight is 567 g/mol. The molecule has 1 aliphatic rings. The first kappa shape index (κ1) is 28.3. The molecule has 3 aromatic rings. The summed E-state index contributed by atoms with van der Waals surface area (Å²) in [7, 11) is 0. The molecule has 4 rings (SSSR count).